The Kier molecular flexibility index (Phi) is 4.55. The number of rotatable bonds is 5. The SMILES string of the molecule is COc1cc(OC)c(NCC2CCOC2)cc1Cl. The van der Waals surface area contributed by atoms with E-state index in [9.17, 15) is 0 Å². The summed E-state index contributed by atoms with van der Waals surface area (Å²) >= 11 is 6.11. The number of halogens is 1. The standard InChI is InChI=1S/C13H18ClNO3/c1-16-12-6-13(17-2)11(5-10(12)14)15-7-9-3-4-18-8-9/h5-6,9,15H,3-4,7-8H2,1-2H3. The van der Waals surface area contributed by atoms with E-state index in [1.54, 1.807) is 20.3 Å². The van der Waals surface area contributed by atoms with Crippen LogP contribution in [-0.2, 0) is 4.74 Å². The van der Waals surface area contributed by atoms with E-state index in [0.717, 1.165) is 37.6 Å². The molecule has 0 aromatic heterocycles. The molecule has 0 aliphatic carbocycles. The molecule has 1 aliphatic heterocycles. The number of hydrogen-bond acceptors (Lipinski definition) is 4. The highest BCUT2D eigenvalue weighted by atomic mass is 35.5. The number of ether oxygens (including phenoxy) is 3. The monoisotopic (exact) mass is 271 g/mol. The van der Waals surface area contributed by atoms with Gasteiger partial charge in [0, 0.05) is 25.1 Å². The van der Waals surface area contributed by atoms with Gasteiger partial charge in [-0.3, -0.25) is 0 Å². The Labute approximate surface area is 112 Å². The molecule has 5 heteroatoms. The molecule has 0 amide bonds. The molecule has 1 atom stereocenters. The lowest BCUT2D eigenvalue weighted by Gasteiger charge is -2.15. The molecule has 1 unspecified atom stereocenters. The van der Waals surface area contributed by atoms with Crippen LogP contribution in [-0.4, -0.2) is 34.0 Å². The van der Waals surface area contributed by atoms with Gasteiger partial charge in [-0.2, -0.15) is 0 Å². The van der Waals surface area contributed by atoms with Crippen molar-refractivity contribution < 1.29 is 14.2 Å². The van der Waals surface area contributed by atoms with Crippen LogP contribution in [0.1, 0.15) is 6.42 Å². The van der Waals surface area contributed by atoms with E-state index < -0.39 is 0 Å². The minimum Gasteiger partial charge on any atom is -0.495 e. The fraction of sp³-hybridized carbons (Fsp3) is 0.538. The number of benzene rings is 1. The lowest BCUT2D eigenvalue weighted by Crippen LogP contribution is -2.14. The molecule has 2 rings (SSSR count). The van der Waals surface area contributed by atoms with E-state index in [0.29, 0.717) is 16.7 Å². The summed E-state index contributed by atoms with van der Waals surface area (Å²) in [6.45, 7) is 2.53. The molecule has 1 aromatic rings. The van der Waals surface area contributed by atoms with Crippen molar-refractivity contribution in [1.82, 2.24) is 0 Å². The second-order valence-electron chi connectivity index (χ2n) is 4.30. The second kappa shape index (κ2) is 6.16. The van der Waals surface area contributed by atoms with Crippen molar-refractivity contribution in [2.24, 2.45) is 5.92 Å². The second-order valence-corrected chi connectivity index (χ2v) is 4.70. The zero-order valence-corrected chi connectivity index (χ0v) is 11.4. The van der Waals surface area contributed by atoms with E-state index in [1.807, 2.05) is 6.07 Å². The quantitative estimate of drug-likeness (QED) is 0.894. The van der Waals surface area contributed by atoms with Gasteiger partial charge in [0.1, 0.15) is 11.5 Å². The fourth-order valence-corrected chi connectivity index (χ4v) is 2.24. The molecule has 1 aromatic carbocycles. The Morgan fingerprint density at radius 2 is 2.11 bits per heavy atom. The van der Waals surface area contributed by atoms with Gasteiger partial charge in [-0.05, 0) is 12.5 Å². The number of hydrogen-bond donors (Lipinski definition) is 1. The summed E-state index contributed by atoms with van der Waals surface area (Å²) in [6, 6.07) is 3.62. The van der Waals surface area contributed by atoms with Crippen molar-refractivity contribution in [1.29, 1.82) is 0 Å². The lowest BCUT2D eigenvalue weighted by atomic mass is 10.1. The summed E-state index contributed by atoms with van der Waals surface area (Å²) in [5, 5.41) is 3.93. The summed E-state index contributed by atoms with van der Waals surface area (Å²) in [5.41, 5.74) is 0.884. The highest BCUT2D eigenvalue weighted by Gasteiger charge is 2.16. The maximum absolute atomic E-state index is 6.11. The largest absolute Gasteiger partial charge is 0.495 e. The van der Waals surface area contributed by atoms with Gasteiger partial charge in [-0.25, -0.2) is 0 Å². The van der Waals surface area contributed by atoms with Crippen LogP contribution in [0.5, 0.6) is 11.5 Å². The molecule has 1 N–H and O–H groups in total. The molecule has 1 heterocycles. The molecular formula is C13H18ClNO3. The van der Waals surface area contributed by atoms with E-state index >= 15 is 0 Å². The van der Waals surface area contributed by atoms with Crippen LogP contribution < -0.4 is 14.8 Å². The van der Waals surface area contributed by atoms with E-state index in [2.05, 4.69) is 5.32 Å². The van der Waals surface area contributed by atoms with Crippen LogP contribution in [0.4, 0.5) is 5.69 Å². The first kappa shape index (κ1) is 13.3. The highest BCUT2D eigenvalue weighted by Crippen LogP contribution is 2.36. The van der Waals surface area contributed by atoms with Gasteiger partial charge in [0.25, 0.3) is 0 Å². The molecule has 18 heavy (non-hydrogen) atoms. The van der Waals surface area contributed by atoms with E-state index in [-0.39, 0.29) is 0 Å². The Hall–Kier alpha value is -1.13. The normalized spacial score (nSPS) is 18.7. The summed E-state index contributed by atoms with van der Waals surface area (Å²) < 4.78 is 15.8. The van der Waals surface area contributed by atoms with Gasteiger partial charge in [0.2, 0.25) is 0 Å². The van der Waals surface area contributed by atoms with Gasteiger partial charge in [-0.15, -0.1) is 0 Å². The number of nitrogens with one attached hydrogen (secondary N) is 1. The molecule has 0 saturated carbocycles. The Bertz CT molecular complexity index is 405. The smallest absolute Gasteiger partial charge is 0.145 e. The van der Waals surface area contributed by atoms with Crippen LogP contribution in [0, 0.1) is 5.92 Å². The first-order valence-electron chi connectivity index (χ1n) is 5.97. The van der Waals surface area contributed by atoms with Crippen LogP contribution in [0.3, 0.4) is 0 Å². The van der Waals surface area contributed by atoms with Crippen molar-refractivity contribution in [3.8, 4) is 11.5 Å². The van der Waals surface area contributed by atoms with Gasteiger partial charge in [0.15, 0.2) is 0 Å². The van der Waals surface area contributed by atoms with Gasteiger partial charge in [-0.1, -0.05) is 11.6 Å². The molecular weight excluding hydrogens is 254 g/mol. The summed E-state index contributed by atoms with van der Waals surface area (Å²) in [7, 11) is 3.22. The fourth-order valence-electron chi connectivity index (χ4n) is 2.00. The molecule has 1 saturated heterocycles. The topological polar surface area (TPSA) is 39.7 Å². The van der Waals surface area contributed by atoms with Gasteiger partial charge >= 0.3 is 0 Å². The van der Waals surface area contributed by atoms with Crippen LogP contribution in [0.2, 0.25) is 5.02 Å². The Balaban J connectivity index is 2.08. The molecule has 0 spiro atoms. The van der Waals surface area contributed by atoms with Gasteiger partial charge < -0.3 is 19.5 Å². The van der Waals surface area contributed by atoms with Crippen LogP contribution in [0.15, 0.2) is 12.1 Å². The van der Waals surface area contributed by atoms with Crippen LogP contribution in [0.25, 0.3) is 0 Å². The predicted molar refractivity (Wildman–Crippen MR) is 72.0 cm³/mol. The Morgan fingerprint density at radius 1 is 1.33 bits per heavy atom. The third-order valence-corrected chi connectivity index (χ3v) is 3.37. The maximum atomic E-state index is 6.11. The average molecular weight is 272 g/mol. The van der Waals surface area contributed by atoms with Crippen molar-refractivity contribution >= 4 is 17.3 Å². The third kappa shape index (κ3) is 3.00. The molecule has 1 aliphatic rings. The molecule has 1 fully saturated rings. The van der Waals surface area contributed by atoms with Crippen molar-refractivity contribution in [3.05, 3.63) is 17.2 Å². The van der Waals surface area contributed by atoms with Crippen molar-refractivity contribution in [3.63, 3.8) is 0 Å². The lowest BCUT2D eigenvalue weighted by molar-refractivity contribution is 0.187. The molecule has 0 bridgehead atoms. The summed E-state index contributed by atoms with van der Waals surface area (Å²) in [5.74, 6) is 1.90. The molecule has 0 radical (unpaired) electrons. The summed E-state index contributed by atoms with van der Waals surface area (Å²) in [6.07, 6.45) is 1.10. The van der Waals surface area contributed by atoms with E-state index in [4.69, 9.17) is 25.8 Å². The number of methoxy groups -OCH3 is 2. The highest BCUT2D eigenvalue weighted by molar-refractivity contribution is 6.32. The van der Waals surface area contributed by atoms with Crippen molar-refractivity contribution in [2.75, 3.05) is 39.3 Å². The first-order chi connectivity index (χ1) is 8.74. The molecule has 4 nitrogen and oxygen atoms in total. The maximum Gasteiger partial charge on any atom is 0.145 e. The predicted octanol–water partition coefficient (Wildman–Crippen LogP) is 2.81. The zero-order valence-electron chi connectivity index (χ0n) is 10.7. The summed E-state index contributed by atoms with van der Waals surface area (Å²) in [4.78, 5) is 0. The average Bonchev–Trinajstić information content (AvgIpc) is 2.89. The van der Waals surface area contributed by atoms with Crippen molar-refractivity contribution in [2.45, 2.75) is 6.42 Å². The first-order valence-corrected chi connectivity index (χ1v) is 6.35. The minimum atomic E-state index is 0.551. The minimum absolute atomic E-state index is 0.551. The Morgan fingerprint density at radius 3 is 2.72 bits per heavy atom. The molecule has 100 valence electrons. The van der Waals surface area contributed by atoms with Gasteiger partial charge in [0.05, 0.1) is 31.5 Å². The van der Waals surface area contributed by atoms with E-state index in [1.165, 1.54) is 0 Å². The van der Waals surface area contributed by atoms with Crippen LogP contribution >= 0.6 is 11.6 Å². The number of anilines is 1. The zero-order chi connectivity index (χ0) is 13.0. The third-order valence-electron chi connectivity index (χ3n) is 3.08.